The van der Waals surface area contributed by atoms with E-state index in [1.165, 1.54) is 16.7 Å². The number of hydrogen-bond acceptors (Lipinski definition) is 3. The van der Waals surface area contributed by atoms with Gasteiger partial charge in [0.25, 0.3) is 0 Å². The van der Waals surface area contributed by atoms with Gasteiger partial charge < -0.3 is 10.5 Å². The molecule has 3 heteroatoms. The second kappa shape index (κ2) is 6.51. The number of rotatable bonds is 3. The van der Waals surface area contributed by atoms with Gasteiger partial charge in [-0.1, -0.05) is 18.2 Å². The molecule has 1 aromatic carbocycles. The summed E-state index contributed by atoms with van der Waals surface area (Å²) in [4.78, 5) is 2.49. The van der Waals surface area contributed by atoms with Gasteiger partial charge in [-0.3, -0.25) is 4.90 Å². The van der Waals surface area contributed by atoms with E-state index in [1.807, 2.05) is 0 Å². The molecule has 0 radical (unpaired) electrons. The maximum atomic E-state index is 6.09. The lowest BCUT2D eigenvalue weighted by atomic mass is 9.94. The molecule has 0 aromatic heterocycles. The Morgan fingerprint density at radius 3 is 2.68 bits per heavy atom. The van der Waals surface area contributed by atoms with Crippen LogP contribution in [0.3, 0.4) is 0 Å². The number of hydrogen-bond donors (Lipinski definition) is 1. The highest BCUT2D eigenvalue weighted by Gasteiger charge is 2.25. The Morgan fingerprint density at radius 2 is 2.05 bits per heavy atom. The lowest BCUT2D eigenvalue weighted by Crippen LogP contribution is -2.38. The predicted octanol–water partition coefficient (Wildman–Crippen LogP) is 2.41. The van der Waals surface area contributed by atoms with Gasteiger partial charge in [-0.05, 0) is 43.9 Å². The fraction of sp³-hybridized carbons (Fsp3) is 0.625. The molecular weight excluding hydrogens is 236 g/mol. The van der Waals surface area contributed by atoms with Gasteiger partial charge in [0.15, 0.2) is 0 Å². The van der Waals surface area contributed by atoms with Crippen LogP contribution in [0.5, 0.6) is 0 Å². The van der Waals surface area contributed by atoms with Crippen molar-refractivity contribution < 1.29 is 4.74 Å². The third-order valence-corrected chi connectivity index (χ3v) is 4.02. The van der Waals surface area contributed by atoms with E-state index in [1.54, 1.807) is 0 Å². The quantitative estimate of drug-likeness (QED) is 0.909. The van der Waals surface area contributed by atoms with Gasteiger partial charge in [0, 0.05) is 32.3 Å². The molecule has 1 aliphatic rings. The Hall–Kier alpha value is -0.900. The maximum absolute atomic E-state index is 6.09. The first-order chi connectivity index (χ1) is 9.13. The zero-order valence-electron chi connectivity index (χ0n) is 12.4. The molecule has 2 unspecified atom stereocenters. The highest BCUT2D eigenvalue weighted by Crippen LogP contribution is 2.27. The summed E-state index contributed by atoms with van der Waals surface area (Å²) in [5, 5.41) is 0. The van der Waals surface area contributed by atoms with E-state index in [0.29, 0.717) is 18.7 Å². The zero-order chi connectivity index (χ0) is 13.8. The van der Waals surface area contributed by atoms with E-state index in [9.17, 15) is 0 Å². The highest BCUT2D eigenvalue weighted by atomic mass is 16.5. The molecule has 3 nitrogen and oxygen atoms in total. The van der Waals surface area contributed by atoms with Gasteiger partial charge in [-0.2, -0.15) is 0 Å². The molecule has 2 atom stereocenters. The molecule has 1 heterocycles. The van der Waals surface area contributed by atoms with Crippen molar-refractivity contribution in [1.82, 2.24) is 4.90 Å². The van der Waals surface area contributed by atoms with E-state index in [4.69, 9.17) is 10.5 Å². The van der Waals surface area contributed by atoms with Crippen molar-refractivity contribution in [2.24, 2.45) is 5.73 Å². The van der Waals surface area contributed by atoms with Gasteiger partial charge in [0.2, 0.25) is 0 Å². The van der Waals surface area contributed by atoms with Crippen LogP contribution in [0.15, 0.2) is 18.2 Å². The predicted molar refractivity (Wildman–Crippen MR) is 79.3 cm³/mol. The number of ether oxygens (including phenoxy) is 1. The number of aryl methyl sites for hydroxylation is 2. The van der Waals surface area contributed by atoms with Gasteiger partial charge in [0.1, 0.15) is 0 Å². The summed E-state index contributed by atoms with van der Waals surface area (Å²) in [6.45, 7) is 10.1. The third kappa shape index (κ3) is 3.35. The Bertz CT molecular complexity index is 399. The smallest absolute Gasteiger partial charge is 0.0674 e. The molecule has 2 rings (SSSR count). The lowest BCUT2D eigenvalue weighted by molar-refractivity contribution is 0.0610. The topological polar surface area (TPSA) is 38.5 Å². The number of nitrogens with two attached hydrogens (primary N) is 1. The zero-order valence-corrected chi connectivity index (χ0v) is 12.4. The van der Waals surface area contributed by atoms with Crippen LogP contribution in [0, 0.1) is 13.8 Å². The summed E-state index contributed by atoms with van der Waals surface area (Å²) in [7, 11) is 0. The minimum atomic E-state index is 0.292. The number of nitrogens with zero attached hydrogens (tertiary/aromatic N) is 1. The first-order valence-electron chi connectivity index (χ1n) is 7.25. The molecule has 0 amide bonds. The van der Waals surface area contributed by atoms with Crippen molar-refractivity contribution in [3.63, 3.8) is 0 Å². The van der Waals surface area contributed by atoms with Gasteiger partial charge in [-0.15, -0.1) is 0 Å². The molecule has 0 saturated carbocycles. The lowest BCUT2D eigenvalue weighted by Gasteiger charge is -2.33. The highest BCUT2D eigenvalue weighted by molar-refractivity contribution is 5.36. The molecule has 1 aromatic rings. The first-order valence-corrected chi connectivity index (χ1v) is 7.25. The fourth-order valence-electron chi connectivity index (χ4n) is 3.11. The Morgan fingerprint density at radius 1 is 1.37 bits per heavy atom. The Balaban J connectivity index is 2.28. The number of benzene rings is 1. The minimum Gasteiger partial charge on any atom is -0.377 e. The molecule has 0 spiro atoms. The molecule has 0 aliphatic carbocycles. The average Bonchev–Trinajstić information content (AvgIpc) is 2.58. The van der Waals surface area contributed by atoms with Gasteiger partial charge in [-0.25, -0.2) is 0 Å². The molecule has 0 bridgehead atoms. The van der Waals surface area contributed by atoms with Crippen LogP contribution in [0.4, 0.5) is 0 Å². The standard InChI is InChI=1S/C16H26N2O/c1-12-6-4-7-13(2)16(12)15(10-17)18-8-5-9-19-14(3)11-18/h4,6-7,14-15H,5,8-11,17H2,1-3H3. The molecular formula is C16H26N2O. The monoisotopic (exact) mass is 262 g/mol. The van der Waals surface area contributed by atoms with Crippen LogP contribution in [0.2, 0.25) is 0 Å². The van der Waals surface area contributed by atoms with Crippen molar-refractivity contribution >= 4 is 0 Å². The average molecular weight is 262 g/mol. The minimum absolute atomic E-state index is 0.292. The Kier molecular flexibility index (Phi) is 4.97. The fourth-order valence-corrected chi connectivity index (χ4v) is 3.11. The van der Waals surface area contributed by atoms with Gasteiger partial charge in [0.05, 0.1) is 6.10 Å². The third-order valence-electron chi connectivity index (χ3n) is 4.02. The van der Waals surface area contributed by atoms with Crippen molar-refractivity contribution in [3.05, 3.63) is 34.9 Å². The van der Waals surface area contributed by atoms with Crippen molar-refractivity contribution in [2.45, 2.75) is 39.3 Å². The van der Waals surface area contributed by atoms with Crippen LogP contribution in [0.25, 0.3) is 0 Å². The van der Waals surface area contributed by atoms with E-state index >= 15 is 0 Å². The molecule has 1 fully saturated rings. The largest absolute Gasteiger partial charge is 0.377 e. The second-order valence-electron chi connectivity index (χ2n) is 5.59. The van der Waals surface area contributed by atoms with Crippen LogP contribution >= 0.6 is 0 Å². The summed E-state index contributed by atoms with van der Waals surface area (Å²) in [6, 6.07) is 6.80. The van der Waals surface area contributed by atoms with Crippen molar-refractivity contribution in [3.8, 4) is 0 Å². The van der Waals surface area contributed by atoms with Crippen molar-refractivity contribution in [2.75, 3.05) is 26.2 Å². The van der Waals surface area contributed by atoms with Crippen LogP contribution in [-0.2, 0) is 4.74 Å². The Labute approximate surface area is 116 Å². The maximum Gasteiger partial charge on any atom is 0.0674 e. The van der Waals surface area contributed by atoms with E-state index in [0.717, 1.165) is 26.1 Å². The summed E-state index contributed by atoms with van der Waals surface area (Å²) >= 11 is 0. The molecule has 2 N–H and O–H groups in total. The van der Waals surface area contributed by atoms with E-state index < -0.39 is 0 Å². The molecule has 1 saturated heterocycles. The normalized spacial score (nSPS) is 23.1. The SMILES string of the molecule is Cc1cccc(C)c1C(CN)N1CCCOC(C)C1. The summed E-state index contributed by atoms with van der Waals surface area (Å²) in [5.41, 5.74) is 10.2. The second-order valence-corrected chi connectivity index (χ2v) is 5.59. The van der Waals surface area contributed by atoms with E-state index in [2.05, 4.69) is 43.9 Å². The van der Waals surface area contributed by atoms with Gasteiger partial charge >= 0.3 is 0 Å². The van der Waals surface area contributed by atoms with Crippen LogP contribution in [0.1, 0.15) is 36.1 Å². The molecule has 19 heavy (non-hydrogen) atoms. The summed E-state index contributed by atoms with van der Waals surface area (Å²) < 4.78 is 5.74. The van der Waals surface area contributed by atoms with E-state index in [-0.39, 0.29) is 0 Å². The molecule has 106 valence electrons. The van der Waals surface area contributed by atoms with Crippen molar-refractivity contribution in [1.29, 1.82) is 0 Å². The van der Waals surface area contributed by atoms with Crippen LogP contribution in [-0.4, -0.2) is 37.2 Å². The summed E-state index contributed by atoms with van der Waals surface area (Å²) in [6.07, 6.45) is 1.38. The summed E-state index contributed by atoms with van der Waals surface area (Å²) in [5.74, 6) is 0. The first kappa shape index (κ1) is 14.5. The molecule has 1 aliphatic heterocycles. The van der Waals surface area contributed by atoms with Crippen LogP contribution < -0.4 is 5.73 Å².